The Morgan fingerprint density at radius 2 is 1.63 bits per heavy atom. The van der Waals surface area contributed by atoms with Gasteiger partial charge >= 0.3 is 5.97 Å². The zero-order valence-electron chi connectivity index (χ0n) is 24.0. The lowest BCUT2D eigenvalue weighted by Crippen LogP contribution is -2.30. The van der Waals surface area contributed by atoms with E-state index in [4.69, 9.17) is 9.47 Å². The van der Waals surface area contributed by atoms with Gasteiger partial charge in [0.25, 0.3) is 5.79 Å². The molecule has 0 saturated carbocycles. The first-order chi connectivity index (χ1) is 22.4. The number of ether oxygens (including phenoxy) is 2. The summed E-state index contributed by atoms with van der Waals surface area (Å²) in [6.07, 6.45) is 4.18. The number of methoxy groups -OCH3 is 1. The lowest BCUT2D eigenvalue weighted by molar-refractivity contribution is -0.185. The summed E-state index contributed by atoms with van der Waals surface area (Å²) in [4.78, 5) is 37.8. The zero-order chi connectivity index (χ0) is 31.8. The van der Waals surface area contributed by atoms with Crippen LogP contribution in [-0.4, -0.2) is 53.2 Å². The third-order valence-electron chi connectivity index (χ3n) is 7.69. The topological polar surface area (TPSA) is 156 Å². The molecule has 11 nitrogen and oxygen atoms in total. The number of aromatic amines is 2. The fourth-order valence-electron chi connectivity index (χ4n) is 5.41. The molecule has 1 atom stereocenters. The van der Waals surface area contributed by atoms with Gasteiger partial charge in [0.05, 0.1) is 59.1 Å². The summed E-state index contributed by atoms with van der Waals surface area (Å²) >= 11 is 1.07. The quantitative estimate of drug-likeness (QED) is 0.159. The second kappa shape index (κ2) is 11.6. The molecule has 7 aromatic rings. The van der Waals surface area contributed by atoms with E-state index in [0.717, 1.165) is 51.7 Å². The minimum atomic E-state index is -2.18. The maximum atomic E-state index is 14.6. The standard InChI is InChI=1S/C25H17FN4O4S.C8H6N2O/c1-33-22-7-4-15(11-17(22)26)25(32)16(8-13-2-5-18-20(9-13)28-12-27-18)23(24(31)34-25)14-3-6-19-21(10-14)30-35-29-19;11-4-6-1-2-7-8(3-6)10-5-9-7/h2-7,9-12,32H,8H2,1H3,(H,27,28);1-5H,(H,9,10). The van der Waals surface area contributed by atoms with Crippen LogP contribution in [0.1, 0.15) is 27.0 Å². The number of rotatable bonds is 6. The van der Waals surface area contributed by atoms with Gasteiger partial charge < -0.3 is 24.5 Å². The van der Waals surface area contributed by atoms with E-state index in [-0.39, 0.29) is 28.9 Å². The van der Waals surface area contributed by atoms with E-state index >= 15 is 0 Å². The molecule has 0 bridgehead atoms. The SMILES string of the molecule is COc1ccc(C2(O)OC(=O)C(c3ccc4nsnc4c3)=C2Cc2ccc3nc[nH]c3c2)cc1F.O=Cc1ccc2nc[nH]c2c1. The highest BCUT2D eigenvalue weighted by atomic mass is 32.1. The van der Waals surface area contributed by atoms with Gasteiger partial charge in [-0.3, -0.25) is 4.79 Å². The third kappa shape index (κ3) is 5.16. The molecule has 46 heavy (non-hydrogen) atoms. The molecule has 4 heterocycles. The van der Waals surface area contributed by atoms with Crippen LogP contribution in [0.2, 0.25) is 0 Å². The van der Waals surface area contributed by atoms with Gasteiger partial charge in [-0.2, -0.15) is 8.75 Å². The predicted molar refractivity (Wildman–Crippen MR) is 169 cm³/mol. The molecule has 0 saturated heterocycles. The lowest BCUT2D eigenvalue weighted by Gasteiger charge is -2.26. The van der Waals surface area contributed by atoms with Crippen molar-refractivity contribution in [3.8, 4) is 5.75 Å². The first-order valence-electron chi connectivity index (χ1n) is 13.9. The average molecular weight is 635 g/mol. The van der Waals surface area contributed by atoms with E-state index in [0.29, 0.717) is 22.2 Å². The fraction of sp³-hybridized carbons (Fsp3) is 0.0909. The summed E-state index contributed by atoms with van der Waals surface area (Å²) in [5, 5.41) is 11.8. The normalized spacial score (nSPS) is 16.1. The van der Waals surface area contributed by atoms with E-state index in [1.807, 2.05) is 24.3 Å². The van der Waals surface area contributed by atoms with Crippen LogP contribution in [0.15, 0.2) is 91.0 Å². The van der Waals surface area contributed by atoms with Crippen molar-refractivity contribution in [3.05, 3.63) is 119 Å². The van der Waals surface area contributed by atoms with E-state index in [9.17, 15) is 19.1 Å². The van der Waals surface area contributed by atoms with Crippen LogP contribution in [0, 0.1) is 5.82 Å². The highest BCUT2D eigenvalue weighted by molar-refractivity contribution is 7.00. The number of hydrogen-bond donors (Lipinski definition) is 3. The number of hydrogen-bond acceptors (Lipinski definition) is 10. The number of cyclic esters (lactones) is 1. The van der Waals surface area contributed by atoms with Crippen molar-refractivity contribution in [3.63, 3.8) is 0 Å². The molecule has 1 aliphatic rings. The number of H-pyrrole nitrogens is 2. The Hall–Kier alpha value is -5.79. The van der Waals surface area contributed by atoms with Gasteiger partial charge in [0.2, 0.25) is 0 Å². The van der Waals surface area contributed by atoms with E-state index in [2.05, 4.69) is 28.7 Å². The summed E-state index contributed by atoms with van der Waals surface area (Å²) in [6.45, 7) is 0. The van der Waals surface area contributed by atoms with Crippen LogP contribution >= 0.6 is 11.7 Å². The number of nitrogens with one attached hydrogen (secondary N) is 2. The van der Waals surface area contributed by atoms with Gasteiger partial charge in [-0.25, -0.2) is 19.2 Å². The molecule has 8 rings (SSSR count). The van der Waals surface area contributed by atoms with Gasteiger partial charge in [0.15, 0.2) is 11.6 Å². The van der Waals surface area contributed by atoms with Crippen LogP contribution in [0.25, 0.3) is 38.7 Å². The monoisotopic (exact) mass is 634 g/mol. The van der Waals surface area contributed by atoms with Crippen LogP contribution < -0.4 is 4.74 Å². The molecule has 0 radical (unpaired) electrons. The number of benzene rings is 4. The van der Waals surface area contributed by atoms with Gasteiger partial charge in [-0.05, 0) is 71.8 Å². The maximum Gasteiger partial charge on any atom is 0.342 e. The third-order valence-corrected chi connectivity index (χ3v) is 8.24. The van der Waals surface area contributed by atoms with Crippen LogP contribution in [0.5, 0.6) is 5.75 Å². The summed E-state index contributed by atoms with van der Waals surface area (Å²) in [5.74, 6) is -3.57. The first kappa shape index (κ1) is 29.0. The van der Waals surface area contributed by atoms with Crippen molar-refractivity contribution in [1.82, 2.24) is 28.7 Å². The van der Waals surface area contributed by atoms with Crippen molar-refractivity contribution in [2.45, 2.75) is 12.2 Å². The molecule has 0 aliphatic carbocycles. The van der Waals surface area contributed by atoms with Gasteiger partial charge in [-0.1, -0.05) is 12.1 Å². The lowest BCUT2D eigenvalue weighted by atomic mass is 9.88. The number of imidazole rings is 2. The number of fused-ring (bicyclic) bond motifs is 3. The summed E-state index contributed by atoms with van der Waals surface area (Å²) < 4.78 is 33.6. The molecule has 4 aromatic carbocycles. The largest absolute Gasteiger partial charge is 0.494 e. The molecule has 1 aliphatic heterocycles. The first-order valence-corrected chi connectivity index (χ1v) is 14.7. The van der Waals surface area contributed by atoms with Crippen molar-refractivity contribution in [2.75, 3.05) is 7.11 Å². The molecule has 0 amide bonds. The Balaban J connectivity index is 0.000000259. The van der Waals surface area contributed by atoms with Gasteiger partial charge in [-0.15, -0.1) is 0 Å². The van der Waals surface area contributed by atoms with Gasteiger partial charge in [0, 0.05) is 23.1 Å². The number of carbonyl (C=O) groups is 2. The summed E-state index contributed by atoms with van der Waals surface area (Å²) in [7, 11) is 1.35. The molecular formula is C33H23FN6O5S. The Morgan fingerprint density at radius 3 is 2.37 bits per heavy atom. The van der Waals surface area contributed by atoms with Crippen molar-refractivity contribution in [2.24, 2.45) is 0 Å². The van der Waals surface area contributed by atoms with Crippen LogP contribution in [-0.2, 0) is 21.7 Å². The molecule has 1 unspecified atom stereocenters. The predicted octanol–water partition coefficient (Wildman–Crippen LogP) is 5.49. The molecular weight excluding hydrogens is 611 g/mol. The number of esters is 1. The number of aldehydes is 1. The smallest absolute Gasteiger partial charge is 0.342 e. The number of halogens is 1. The van der Waals surface area contributed by atoms with E-state index in [1.54, 1.807) is 43.0 Å². The van der Waals surface area contributed by atoms with Crippen LogP contribution in [0.4, 0.5) is 4.39 Å². The highest BCUT2D eigenvalue weighted by Crippen LogP contribution is 2.45. The minimum Gasteiger partial charge on any atom is -0.494 e. The number of nitrogens with zero attached hydrogens (tertiary/aromatic N) is 4. The average Bonchev–Trinajstić information content (AvgIpc) is 3.87. The second-order valence-electron chi connectivity index (χ2n) is 10.4. The Kier molecular flexibility index (Phi) is 7.31. The highest BCUT2D eigenvalue weighted by Gasteiger charge is 2.48. The van der Waals surface area contributed by atoms with Gasteiger partial charge in [0.1, 0.15) is 17.3 Å². The van der Waals surface area contributed by atoms with Crippen LogP contribution in [0.3, 0.4) is 0 Å². The second-order valence-corrected chi connectivity index (χ2v) is 11.0. The molecule has 13 heteroatoms. The Morgan fingerprint density at radius 1 is 0.913 bits per heavy atom. The minimum absolute atomic E-state index is 0.0126. The molecule has 0 spiro atoms. The van der Waals surface area contributed by atoms with E-state index in [1.165, 1.54) is 19.2 Å². The molecule has 228 valence electrons. The molecule has 3 N–H and O–H groups in total. The number of carbonyl (C=O) groups excluding carboxylic acids is 2. The summed E-state index contributed by atoms with van der Waals surface area (Å²) in [5.41, 5.74) is 7.26. The van der Waals surface area contributed by atoms with E-state index < -0.39 is 17.6 Å². The van der Waals surface area contributed by atoms with Crippen molar-refractivity contribution >= 4 is 62.7 Å². The summed E-state index contributed by atoms with van der Waals surface area (Å²) in [6, 6.07) is 20.1. The Labute approximate surface area is 263 Å². The number of aromatic nitrogens is 6. The zero-order valence-corrected chi connectivity index (χ0v) is 24.8. The van der Waals surface area contributed by atoms with Crippen molar-refractivity contribution < 1.29 is 28.6 Å². The fourth-order valence-corrected chi connectivity index (χ4v) is 5.93. The Bertz CT molecular complexity index is 2310. The number of aliphatic hydroxyl groups is 1. The van der Waals surface area contributed by atoms with Crippen molar-refractivity contribution in [1.29, 1.82) is 0 Å². The maximum absolute atomic E-state index is 14.6. The molecule has 0 fully saturated rings. The molecule has 3 aromatic heterocycles.